The van der Waals surface area contributed by atoms with Gasteiger partial charge in [-0.2, -0.15) is 0 Å². The molecule has 2 aromatic rings. The molecule has 1 amide bonds. The van der Waals surface area contributed by atoms with Gasteiger partial charge in [0.2, 0.25) is 0 Å². The summed E-state index contributed by atoms with van der Waals surface area (Å²) in [6.07, 6.45) is 3.64. The Balaban J connectivity index is 1.51. The highest BCUT2D eigenvalue weighted by molar-refractivity contribution is 7.91. The predicted molar refractivity (Wildman–Crippen MR) is 96.8 cm³/mol. The Morgan fingerprint density at radius 3 is 2.96 bits per heavy atom. The summed E-state index contributed by atoms with van der Waals surface area (Å²) in [4.78, 5) is 25.9. The molecule has 1 aromatic heterocycles. The maximum atomic E-state index is 12.1. The van der Waals surface area contributed by atoms with Gasteiger partial charge < -0.3 is 0 Å². The van der Waals surface area contributed by atoms with Gasteiger partial charge in [0.25, 0.3) is 5.91 Å². The van der Waals surface area contributed by atoms with E-state index in [0.29, 0.717) is 23.4 Å². The smallest absolute Gasteiger partial charge is 0.276 e. The average Bonchev–Trinajstić information content (AvgIpc) is 3.13. The molecule has 0 saturated carbocycles. The minimum absolute atomic E-state index is 0.0584. The van der Waals surface area contributed by atoms with Gasteiger partial charge in [0.1, 0.15) is 0 Å². The molecule has 0 saturated heterocycles. The molecule has 8 heteroatoms. The molecule has 3 rings (SSSR count). The number of hydroxylamine groups is 1. The number of carbonyl (C=O) groups is 1. The molecule has 0 bridgehead atoms. The molecular weight excluding hydrogens is 354 g/mol. The van der Waals surface area contributed by atoms with E-state index in [1.807, 2.05) is 6.07 Å². The van der Waals surface area contributed by atoms with Crippen molar-refractivity contribution in [3.8, 4) is 0 Å². The maximum absolute atomic E-state index is 12.1. The number of aliphatic imine (C=N–C) groups is 1. The summed E-state index contributed by atoms with van der Waals surface area (Å²) < 4.78 is 23.8. The zero-order chi connectivity index (χ0) is 18.6. The lowest BCUT2D eigenvalue weighted by atomic mass is 10.1. The molecule has 0 atom stereocenters. The van der Waals surface area contributed by atoms with Gasteiger partial charge in [0.05, 0.1) is 35.1 Å². The van der Waals surface area contributed by atoms with Gasteiger partial charge in [0.15, 0.2) is 9.84 Å². The van der Waals surface area contributed by atoms with Gasteiger partial charge in [-0.3, -0.25) is 19.6 Å². The number of amides is 1. The van der Waals surface area contributed by atoms with E-state index in [1.54, 1.807) is 37.4 Å². The van der Waals surface area contributed by atoms with Crippen LogP contribution >= 0.6 is 0 Å². The third-order valence-corrected chi connectivity index (χ3v) is 5.77. The Morgan fingerprint density at radius 1 is 1.31 bits per heavy atom. The number of carbonyl (C=O) groups excluding carboxylic acids is 1. The topological polar surface area (TPSA) is 97.7 Å². The molecule has 0 spiro atoms. The highest BCUT2D eigenvalue weighted by Crippen LogP contribution is 2.15. The van der Waals surface area contributed by atoms with Crippen LogP contribution in [-0.4, -0.2) is 37.9 Å². The second-order valence-electron chi connectivity index (χ2n) is 5.82. The summed E-state index contributed by atoms with van der Waals surface area (Å²) in [6, 6.07) is 8.48. The largest absolute Gasteiger partial charge is 0.286 e. The average molecular weight is 373 g/mol. The van der Waals surface area contributed by atoms with E-state index in [1.165, 1.54) is 6.20 Å². The van der Waals surface area contributed by atoms with Crippen molar-refractivity contribution in [1.29, 1.82) is 0 Å². The van der Waals surface area contributed by atoms with Crippen molar-refractivity contribution in [3.05, 3.63) is 58.9 Å². The second-order valence-corrected chi connectivity index (χ2v) is 8.10. The van der Waals surface area contributed by atoms with E-state index < -0.39 is 9.84 Å². The number of nitrogens with zero attached hydrogens (tertiary/aromatic N) is 2. The van der Waals surface area contributed by atoms with E-state index in [-0.39, 0.29) is 18.3 Å². The van der Waals surface area contributed by atoms with Crippen LogP contribution in [0.15, 0.2) is 46.4 Å². The Morgan fingerprint density at radius 2 is 2.15 bits per heavy atom. The summed E-state index contributed by atoms with van der Waals surface area (Å²) in [5.41, 5.74) is 5.30. The summed E-state index contributed by atoms with van der Waals surface area (Å²) in [7, 11) is -3.23. The lowest BCUT2D eigenvalue weighted by Crippen LogP contribution is -2.25. The summed E-state index contributed by atoms with van der Waals surface area (Å²) in [5.74, 6) is -0.322. The van der Waals surface area contributed by atoms with E-state index in [9.17, 15) is 13.2 Å². The molecule has 0 unspecified atom stereocenters. The highest BCUT2D eigenvalue weighted by Gasteiger charge is 2.13. The van der Waals surface area contributed by atoms with Crippen molar-refractivity contribution in [2.45, 2.75) is 24.8 Å². The van der Waals surface area contributed by atoms with Crippen LogP contribution in [0.2, 0.25) is 0 Å². The summed E-state index contributed by atoms with van der Waals surface area (Å²) in [5, 5.41) is 0. The van der Waals surface area contributed by atoms with Crippen molar-refractivity contribution in [3.63, 3.8) is 0 Å². The maximum Gasteiger partial charge on any atom is 0.276 e. The number of nitrogens with one attached hydrogen (secondary N) is 1. The van der Waals surface area contributed by atoms with Crippen LogP contribution in [-0.2, 0) is 27.6 Å². The minimum atomic E-state index is -3.23. The third kappa shape index (κ3) is 4.14. The first-order chi connectivity index (χ1) is 12.5. The first-order valence-corrected chi connectivity index (χ1v) is 9.87. The van der Waals surface area contributed by atoms with Crippen LogP contribution in [0, 0.1) is 0 Å². The molecular formula is C18H19N3O4S. The summed E-state index contributed by atoms with van der Waals surface area (Å²) in [6.45, 7) is 2.37. The number of hydrogen-bond donors (Lipinski definition) is 1. The molecule has 0 fully saturated rings. The van der Waals surface area contributed by atoms with Gasteiger partial charge in [-0.1, -0.05) is 19.1 Å². The molecule has 1 N–H and O–H groups in total. The monoisotopic (exact) mass is 373 g/mol. The number of aromatic nitrogens is 1. The molecule has 0 aliphatic carbocycles. The quantitative estimate of drug-likeness (QED) is 0.589. The van der Waals surface area contributed by atoms with Gasteiger partial charge in [0, 0.05) is 18.0 Å². The molecule has 7 nitrogen and oxygen atoms in total. The van der Waals surface area contributed by atoms with Crippen molar-refractivity contribution in [1.82, 2.24) is 10.5 Å². The van der Waals surface area contributed by atoms with Crippen LogP contribution in [0.4, 0.5) is 0 Å². The molecule has 0 radical (unpaired) electrons. The Kier molecular flexibility index (Phi) is 5.43. The van der Waals surface area contributed by atoms with E-state index in [2.05, 4.69) is 15.5 Å². The van der Waals surface area contributed by atoms with Gasteiger partial charge >= 0.3 is 0 Å². The van der Waals surface area contributed by atoms with Crippen LogP contribution in [0.25, 0.3) is 0 Å². The normalized spacial score (nSPS) is 12.8. The first kappa shape index (κ1) is 18.2. The Hall–Kier alpha value is -2.58. The lowest BCUT2D eigenvalue weighted by molar-refractivity contribution is 0.0323. The Bertz CT molecular complexity index is 955. The van der Waals surface area contributed by atoms with Crippen molar-refractivity contribution in [2.24, 2.45) is 4.99 Å². The second kappa shape index (κ2) is 7.76. The fraction of sp³-hybridized carbons (Fsp3) is 0.278. The van der Waals surface area contributed by atoms with Crippen LogP contribution in [0.1, 0.15) is 34.1 Å². The van der Waals surface area contributed by atoms with E-state index in [0.717, 1.165) is 16.8 Å². The highest BCUT2D eigenvalue weighted by atomic mass is 32.2. The minimum Gasteiger partial charge on any atom is -0.286 e. The molecule has 26 heavy (non-hydrogen) atoms. The SMILES string of the molecule is CCS(=O)(=O)c1cccc(CCONC(=O)c2cnc3c(c2)CN=C3)c1. The number of fused-ring (bicyclic) bond motifs is 1. The number of rotatable bonds is 7. The van der Waals surface area contributed by atoms with E-state index in [4.69, 9.17) is 4.84 Å². The molecule has 1 aliphatic heterocycles. The van der Waals surface area contributed by atoms with Crippen LogP contribution in [0.5, 0.6) is 0 Å². The number of pyridine rings is 1. The third-order valence-electron chi connectivity index (χ3n) is 4.03. The van der Waals surface area contributed by atoms with Crippen LogP contribution in [0.3, 0.4) is 0 Å². The Labute approximate surface area is 152 Å². The number of sulfone groups is 1. The standard InChI is InChI=1S/C18H19N3O4S/c1-2-26(23,24)16-5-3-4-13(8-16)6-7-25-21-18(22)15-9-14-10-19-12-17(14)20-11-15/h3-5,8-9,11-12H,2,6-7,10H2,1H3,(H,21,22). The van der Waals surface area contributed by atoms with Gasteiger partial charge in [-0.15, -0.1) is 0 Å². The predicted octanol–water partition coefficient (Wildman–Crippen LogP) is 1.71. The zero-order valence-electron chi connectivity index (χ0n) is 14.3. The van der Waals surface area contributed by atoms with E-state index >= 15 is 0 Å². The van der Waals surface area contributed by atoms with Crippen molar-refractivity contribution >= 4 is 22.0 Å². The van der Waals surface area contributed by atoms with Gasteiger partial charge in [-0.05, 0) is 30.2 Å². The number of hydrogen-bond acceptors (Lipinski definition) is 6. The van der Waals surface area contributed by atoms with Crippen molar-refractivity contribution in [2.75, 3.05) is 12.4 Å². The zero-order valence-corrected chi connectivity index (χ0v) is 15.1. The van der Waals surface area contributed by atoms with Crippen LogP contribution < -0.4 is 5.48 Å². The van der Waals surface area contributed by atoms with Gasteiger partial charge in [-0.25, -0.2) is 13.9 Å². The molecule has 2 heterocycles. The van der Waals surface area contributed by atoms with Crippen molar-refractivity contribution < 1.29 is 18.0 Å². The summed E-state index contributed by atoms with van der Waals surface area (Å²) >= 11 is 0. The fourth-order valence-corrected chi connectivity index (χ4v) is 3.47. The fourth-order valence-electron chi connectivity index (χ4n) is 2.52. The molecule has 1 aliphatic rings. The molecule has 136 valence electrons. The number of benzene rings is 1. The molecule has 1 aromatic carbocycles. The lowest BCUT2D eigenvalue weighted by Gasteiger charge is -2.08. The first-order valence-electron chi connectivity index (χ1n) is 8.22.